The molecule has 1 fully saturated rings. The Hall–Kier alpha value is -2.18. The molecule has 1 aliphatic rings. The van der Waals surface area contributed by atoms with E-state index in [1.54, 1.807) is 0 Å². The van der Waals surface area contributed by atoms with Crippen molar-refractivity contribution in [3.05, 3.63) is 29.8 Å². The molecule has 0 radical (unpaired) electrons. The number of carbonyl (C=O) groups is 2. The van der Waals surface area contributed by atoms with Crippen LogP contribution < -0.4 is 10.1 Å². The van der Waals surface area contributed by atoms with Gasteiger partial charge in [0.15, 0.2) is 6.61 Å². The lowest BCUT2D eigenvalue weighted by Crippen LogP contribution is -2.45. The smallest absolute Gasteiger partial charge is 0.387 e. The normalized spacial score (nSPS) is 23.2. The lowest BCUT2D eigenvalue weighted by Gasteiger charge is -2.34. The Morgan fingerprint density at radius 2 is 1.88 bits per heavy atom. The zero-order valence-electron chi connectivity index (χ0n) is 14.3. The maximum Gasteiger partial charge on any atom is 0.387 e. The summed E-state index contributed by atoms with van der Waals surface area (Å²) >= 11 is 0. The second-order valence-corrected chi connectivity index (χ2v) is 6.42. The third-order valence-electron chi connectivity index (χ3n) is 4.70. The molecule has 3 atom stereocenters. The number of rotatable bonds is 6. The van der Waals surface area contributed by atoms with Crippen LogP contribution in [0.25, 0.3) is 0 Å². The Bertz CT molecular complexity index is 591. The van der Waals surface area contributed by atoms with Crippen LogP contribution in [0.2, 0.25) is 0 Å². The summed E-state index contributed by atoms with van der Waals surface area (Å²) in [6, 6.07) is 5.20. The van der Waals surface area contributed by atoms with Crippen molar-refractivity contribution in [2.24, 2.45) is 11.8 Å². The number of carbonyl (C=O) groups excluding carboxylic acids is 2. The van der Waals surface area contributed by atoms with E-state index in [4.69, 9.17) is 4.74 Å². The van der Waals surface area contributed by atoms with E-state index in [1.807, 2.05) is 0 Å². The molecule has 7 heteroatoms. The van der Waals surface area contributed by atoms with Gasteiger partial charge in [-0.05, 0) is 42.5 Å². The van der Waals surface area contributed by atoms with Crippen molar-refractivity contribution in [1.29, 1.82) is 0 Å². The lowest BCUT2D eigenvalue weighted by atomic mass is 9.78. The van der Waals surface area contributed by atoms with Gasteiger partial charge < -0.3 is 14.8 Å². The van der Waals surface area contributed by atoms with Gasteiger partial charge in [-0.25, -0.2) is 4.79 Å². The van der Waals surface area contributed by atoms with Gasteiger partial charge in [0, 0.05) is 6.04 Å². The van der Waals surface area contributed by atoms with E-state index in [0.717, 1.165) is 19.3 Å². The topological polar surface area (TPSA) is 64.6 Å². The average molecular weight is 355 g/mol. The van der Waals surface area contributed by atoms with Gasteiger partial charge in [0.2, 0.25) is 0 Å². The fraction of sp³-hybridized carbons (Fsp3) is 0.556. The molecule has 0 saturated heterocycles. The van der Waals surface area contributed by atoms with E-state index >= 15 is 0 Å². The van der Waals surface area contributed by atoms with Gasteiger partial charge >= 0.3 is 12.6 Å². The molecule has 0 aromatic heterocycles. The number of alkyl halides is 2. The number of hydrogen-bond acceptors (Lipinski definition) is 4. The number of ether oxygens (including phenoxy) is 2. The van der Waals surface area contributed by atoms with Crippen LogP contribution in [0.15, 0.2) is 24.3 Å². The molecule has 1 aromatic rings. The Labute approximate surface area is 145 Å². The molecular formula is C18H23F2NO4. The van der Waals surface area contributed by atoms with Crippen molar-refractivity contribution in [3.63, 3.8) is 0 Å². The number of benzene rings is 1. The van der Waals surface area contributed by atoms with Crippen LogP contribution in [0.4, 0.5) is 8.78 Å². The van der Waals surface area contributed by atoms with E-state index in [1.165, 1.54) is 24.3 Å². The number of halogens is 2. The zero-order chi connectivity index (χ0) is 18.4. The summed E-state index contributed by atoms with van der Waals surface area (Å²) in [7, 11) is 0. The van der Waals surface area contributed by atoms with E-state index in [-0.39, 0.29) is 29.9 Å². The highest BCUT2D eigenvalue weighted by Gasteiger charge is 2.28. The largest absolute Gasteiger partial charge is 0.452 e. The number of nitrogens with one attached hydrogen (secondary N) is 1. The van der Waals surface area contributed by atoms with Crippen LogP contribution in [0.5, 0.6) is 5.75 Å². The molecule has 1 aromatic carbocycles. The Balaban J connectivity index is 1.80. The molecule has 138 valence electrons. The minimum absolute atomic E-state index is 0.0512. The monoisotopic (exact) mass is 355 g/mol. The summed E-state index contributed by atoms with van der Waals surface area (Å²) < 4.78 is 33.3. The quantitative estimate of drug-likeness (QED) is 0.795. The maximum atomic E-state index is 12.1. The third kappa shape index (κ3) is 5.69. The van der Waals surface area contributed by atoms with E-state index in [9.17, 15) is 18.4 Å². The van der Waals surface area contributed by atoms with Crippen molar-refractivity contribution in [2.45, 2.75) is 45.8 Å². The van der Waals surface area contributed by atoms with Gasteiger partial charge in [-0.3, -0.25) is 4.79 Å². The highest BCUT2D eigenvalue weighted by Crippen LogP contribution is 2.29. The summed E-state index contributed by atoms with van der Waals surface area (Å²) in [5.41, 5.74) is 0.161. The molecule has 2 rings (SSSR count). The van der Waals surface area contributed by atoms with Gasteiger partial charge in [-0.2, -0.15) is 8.78 Å². The predicted molar refractivity (Wildman–Crippen MR) is 87.5 cm³/mol. The minimum atomic E-state index is -2.92. The molecule has 25 heavy (non-hydrogen) atoms. The molecule has 1 aliphatic carbocycles. The van der Waals surface area contributed by atoms with Crippen LogP contribution in [-0.2, 0) is 9.53 Å². The van der Waals surface area contributed by atoms with Crippen molar-refractivity contribution in [1.82, 2.24) is 5.32 Å². The first-order valence-electron chi connectivity index (χ1n) is 8.38. The molecule has 5 nitrogen and oxygen atoms in total. The van der Waals surface area contributed by atoms with E-state index in [0.29, 0.717) is 11.8 Å². The summed E-state index contributed by atoms with van der Waals surface area (Å²) in [4.78, 5) is 23.9. The molecule has 0 heterocycles. The SMILES string of the molecule is C[C@@H]1[C@H](C)CCC[C@H]1NC(=O)COC(=O)c1ccc(OC(F)F)cc1. The molecule has 0 spiro atoms. The molecule has 1 amide bonds. The first-order valence-corrected chi connectivity index (χ1v) is 8.38. The summed E-state index contributed by atoms with van der Waals surface area (Å²) in [5, 5.41) is 2.92. The molecular weight excluding hydrogens is 332 g/mol. The first kappa shape index (κ1) is 19.1. The third-order valence-corrected chi connectivity index (χ3v) is 4.70. The Morgan fingerprint density at radius 1 is 1.20 bits per heavy atom. The summed E-state index contributed by atoms with van der Waals surface area (Å²) in [5.74, 6) is -0.142. The highest BCUT2D eigenvalue weighted by atomic mass is 19.3. The van der Waals surface area contributed by atoms with Gasteiger partial charge in [0.25, 0.3) is 5.91 Å². The van der Waals surface area contributed by atoms with Gasteiger partial charge in [0.1, 0.15) is 5.75 Å². The van der Waals surface area contributed by atoms with Crippen LogP contribution >= 0.6 is 0 Å². The van der Waals surface area contributed by atoms with Crippen LogP contribution in [0.3, 0.4) is 0 Å². The molecule has 0 aliphatic heterocycles. The predicted octanol–water partition coefficient (Wildman–Crippen LogP) is 3.39. The molecule has 1 saturated carbocycles. The van der Waals surface area contributed by atoms with Gasteiger partial charge in [-0.15, -0.1) is 0 Å². The van der Waals surface area contributed by atoms with Gasteiger partial charge in [-0.1, -0.05) is 26.7 Å². The molecule has 1 N–H and O–H groups in total. The average Bonchev–Trinajstić information content (AvgIpc) is 2.57. The second-order valence-electron chi connectivity index (χ2n) is 6.42. The van der Waals surface area contributed by atoms with Crippen LogP contribution in [0.1, 0.15) is 43.5 Å². The number of hydrogen-bond donors (Lipinski definition) is 1. The highest BCUT2D eigenvalue weighted by molar-refractivity contribution is 5.91. The fourth-order valence-corrected chi connectivity index (χ4v) is 3.02. The fourth-order valence-electron chi connectivity index (χ4n) is 3.02. The minimum Gasteiger partial charge on any atom is -0.452 e. The van der Waals surface area contributed by atoms with E-state index < -0.39 is 12.6 Å². The Kier molecular flexibility index (Phi) is 6.73. The summed E-state index contributed by atoms with van der Waals surface area (Å²) in [6.45, 7) is 0.992. The summed E-state index contributed by atoms with van der Waals surface area (Å²) in [6.07, 6.45) is 3.16. The Morgan fingerprint density at radius 3 is 2.52 bits per heavy atom. The van der Waals surface area contributed by atoms with Crippen molar-refractivity contribution in [3.8, 4) is 5.75 Å². The van der Waals surface area contributed by atoms with Crippen molar-refractivity contribution in [2.75, 3.05) is 6.61 Å². The maximum absolute atomic E-state index is 12.1. The first-order chi connectivity index (χ1) is 11.9. The van der Waals surface area contributed by atoms with Crippen LogP contribution in [0, 0.1) is 11.8 Å². The number of esters is 1. The van der Waals surface area contributed by atoms with Crippen molar-refractivity contribution < 1.29 is 27.8 Å². The number of amides is 1. The van der Waals surface area contributed by atoms with Crippen LogP contribution in [-0.4, -0.2) is 31.1 Å². The van der Waals surface area contributed by atoms with Gasteiger partial charge in [0.05, 0.1) is 5.56 Å². The zero-order valence-corrected chi connectivity index (χ0v) is 14.3. The molecule has 0 unspecified atom stereocenters. The molecule has 0 bridgehead atoms. The van der Waals surface area contributed by atoms with E-state index in [2.05, 4.69) is 23.9 Å². The second kappa shape index (κ2) is 8.78. The lowest BCUT2D eigenvalue weighted by molar-refractivity contribution is -0.125. The van der Waals surface area contributed by atoms with Crippen molar-refractivity contribution >= 4 is 11.9 Å². The standard InChI is InChI=1S/C18H23F2NO4/c1-11-4-3-5-15(12(11)2)21-16(22)10-24-17(23)13-6-8-14(9-7-13)25-18(19)20/h6-9,11-12,15,18H,3-5,10H2,1-2H3,(H,21,22)/t11-,12-,15-/m1/s1.